The Labute approximate surface area is 126 Å². The van der Waals surface area contributed by atoms with E-state index in [2.05, 4.69) is 25.2 Å². The molecule has 1 aliphatic heterocycles. The van der Waals surface area contributed by atoms with Crippen LogP contribution >= 0.6 is 0 Å². The largest absolute Gasteiger partial charge is 0.493 e. The lowest BCUT2D eigenvalue weighted by atomic mass is 9.80. The van der Waals surface area contributed by atoms with E-state index < -0.39 is 0 Å². The molecule has 1 aromatic rings. The molecule has 1 unspecified atom stereocenters. The van der Waals surface area contributed by atoms with Gasteiger partial charge in [-0.05, 0) is 43.4 Å². The monoisotopic (exact) mass is 291 g/mol. The number of methoxy groups -OCH3 is 1. The first kappa shape index (κ1) is 15.7. The van der Waals surface area contributed by atoms with Crippen LogP contribution in [-0.2, 0) is 11.2 Å². The Balaban J connectivity index is 2.25. The Morgan fingerprint density at radius 3 is 2.62 bits per heavy atom. The van der Waals surface area contributed by atoms with E-state index in [0.29, 0.717) is 18.9 Å². The van der Waals surface area contributed by atoms with E-state index in [4.69, 9.17) is 9.47 Å². The van der Waals surface area contributed by atoms with Crippen LogP contribution in [0.1, 0.15) is 39.2 Å². The van der Waals surface area contributed by atoms with Gasteiger partial charge >= 0.3 is 0 Å². The number of carbonyl (C=O) groups excluding carboxylic acids is 1. The van der Waals surface area contributed by atoms with Crippen molar-refractivity contribution in [2.45, 2.75) is 45.6 Å². The Morgan fingerprint density at radius 2 is 2.10 bits per heavy atom. The number of rotatable bonds is 6. The maximum atomic E-state index is 11.7. The lowest BCUT2D eigenvalue weighted by Crippen LogP contribution is -2.48. The van der Waals surface area contributed by atoms with Crippen molar-refractivity contribution < 1.29 is 14.3 Å². The summed E-state index contributed by atoms with van der Waals surface area (Å²) < 4.78 is 11.0. The number of nitrogens with one attached hydrogen (secondary N) is 1. The second-order valence-corrected chi connectivity index (χ2v) is 5.95. The van der Waals surface area contributed by atoms with Gasteiger partial charge in [-0.2, -0.15) is 0 Å². The molecule has 1 atom stereocenters. The molecule has 1 amide bonds. The molecule has 116 valence electrons. The number of hydrogen-bond acceptors (Lipinski definition) is 3. The van der Waals surface area contributed by atoms with Crippen LogP contribution < -0.4 is 14.8 Å². The second kappa shape index (κ2) is 6.37. The van der Waals surface area contributed by atoms with Crippen molar-refractivity contribution in [3.8, 4) is 11.5 Å². The number of carbonyl (C=O) groups is 1. The maximum Gasteiger partial charge on any atom is 0.220 e. The summed E-state index contributed by atoms with van der Waals surface area (Å²) in [6.07, 6.45) is 2.33. The molecule has 1 aliphatic rings. The van der Waals surface area contributed by atoms with E-state index in [9.17, 15) is 4.79 Å². The first-order valence-corrected chi connectivity index (χ1v) is 7.61. The smallest absolute Gasteiger partial charge is 0.220 e. The average molecular weight is 291 g/mol. The molecule has 0 aliphatic carbocycles. The van der Waals surface area contributed by atoms with Gasteiger partial charge in [0.2, 0.25) is 5.91 Å². The minimum atomic E-state index is -0.144. The van der Waals surface area contributed by atoms with Gasteiger partial charge in [0.15, 0.2) is 11.5 Å². The fraction of sp³-hybridized carbons (Fsp3) is 0.588. The quantitative estimate of drug-likeness (QED) is 0.876. The van der Waals surface area contributed by atoms with E-state index in [1.807, 2.05) is 19.1 Å². The zero-order chi connectivity index (χ0) is 15.5. The number of benzene rings is 1. The Hall–Kier alpha value is -1.71. The minimum Gasteiger partial charge on any atom is -0.493 e. The molecule has 0 bridgehead atoms. The molecule has 0 aromatic heterocycles. The lowest BCUT2D eigenvalue weighted by Gasteiger charge is -2.34. The third kappa shape index (κ3) is 3.31. The van der Waals surface area contributed by atoms with Gasteiger partial charge in [0, 0.05) is 12.0 Å². The van der Waals surface area contributed by atoms with Crippen molar-refractivity contribution in [1.29, 1.82) is 0 Å². The number of amides is 1. The first-order chi connectivity index (χ1) is 10.0. The van der Waals surface area contributed by atoms with Gasteiger partial charge in [0.1, 0.15) is 0 Å². The second-order valence-electron chi connectivity index (χ2n) is 5.95. The van der Waals surface area contributed by atoms with Crippen LogP contribution in [0.15, 0.2) is 18.2 Å². The SMILES string of the molecule is CCOc1cc(CC2(C(C)C)CCC(=O)N2)ccc1OC. The van der Waals surface area contributed by atoms with Crippen molar-refractivity contribution in [2.24, 2.45) is 5.92 Å². The van der Waals surface area contributed by atoms with Crippen LogP contribution in [0.2, 0.25) is 0 Å². The van der Waals surface area contributed by atoms with Gasteiger partial charge in [-0.15, -0.1) is 0 Å². The number of hydrogen-bond donors (Lipinski definition) is 1. The highest BCUT2D eigenvalue weighted by molar-refractivity contribution is 5.79. The molecule has 1 N–H and O–H groups in total. The number of ether oxygens (including phenoxy) is 2. The maximum absolute atomic E-state index is 11.7. The van der Waals surface area contributed by atoms with E-state index >= 15 is 0 Å². The predicted octanol–water partition coefficient (Wildman–Crippen LogP) is 2.94. The summed E-state index contributed by atoms with van der Waals surface area (Å²) in [5.41, 5.74) is 1.02. The summed E-state index contributed by atoms with van der Waals surface area (Å²) in [4.78, 5) is 11.7. The Kier molecular flexibility index (Phi) is 4.76. The van der Waals surface area contributed by atoms with Gasteiger partial charge in [0.05, 0.1) is 13.7 Å². The minimum absolute atomic E-state index is 0.144. The summed E-state index contributed by atoms with van der Waals surface area (Å²) in [5.74, 6) is 2.05. The van der Waals surface area contributed by atoms with Crippen molar-refractivity contribution in [3.63, 3.8) is 0 Å². The molecule has 1 heterocycles. The summed E-state index contributed by atoms with van der Waals surface area (Å²) >= 11 is 0. The third-order valence-corrected chi connectivity index (χ3v) is 4.34. The molecule has 1 saturated heterocycles. The van der Waals surface area contributed by atoms with Crippen LogP contribution in [-0.4, -0.2) is 25.2 Å². The fourth-order valence-electron chi connectivity index (χ4n) is 2.97. The average Bonchev–Trinajstić information content (AvgIpc) is 2.82. The van der Waals surface area contributed by atoms with Crippen LogP contribution in [0.5, 0.6) is 11.5 Å². The van der Waals surface area contributed by atoms with Crippen LogP contribution in [0.25, 0.3) is 0 Å². The lowest BCUT2D eigenvalue weighted by molar-refractivity contribution is -0.120. The van der Waals surface area contributed by atoms with Crippen molar-refractivity contribution >= 4 is 5.91 Å². The van der Waals surface area contributed by atoms with Gasteiger partial charge in [0.25, 0.3) is 0 Å². The summed E-state index contributed by atoms with van der Waals surface area (Å²) in [5, 5.41) is 3.18. The van der Waals surface area contributed by atoms with Gasteiger partial charge in [-0.25, -0.2) is 0 Å². The Morgan fingerprint density at radius 1 is 1.33 bits per heavy atom. The van der Waals surface area contributed by atoms with Crippen LogP contribution in [0.4, 0.5) is 0 Å². The molecule has 1 aromatic carbocycles. The van der Waals surface area contributed by atoms with Crippen molar-refractivity contribution in [2.75, 3.05) is 13.7 Å². The molecule has 0 radical (unpaired) electrons. The topological polar surface area (TPSA) is 47.6 Å². The van der Waals surface area contributed by atoms with Gasteiger partial charge in [-0.1, -0.05) is 19.9 Å². The first-order valence-electron chi connectivity index (χ1n) is 7.61. The predicted molar refractivity (Wildman–Crippen MR) is 82.8 cm³/mol. The molecule has 0 saturated carbocycles. The fourth-order valence-corrected chi connectivity index (χ4v) is 2.97. The van der Waals surface area contributed by atoms with Crippen molar-refractivity contribution in [3.05, 3.63) is 23.8 Å². The highest BCUT2D eigenvalue weighted by atomic mass is 16.5. The van der Waals surface area contributed by atoms with Crippen LogP contribution in [0, 0.1) is 5.92 Å². The van der Waals surface area contributed by atoms with Crippen LogP contribution in [0.3, 0.4) is 0 Å². The highest BCUT2D eigenvalue weighted by Crippen LogP contribution is 2.35. The van der Waals surface area contributed by atoms with E-state index in [-0.39, 0.29) is 11.4 Å². The van der Waals surface area contributed by atoms with E-state index in [1.165, 1.54) is 0 Å². The normalized spacial score (nSPS) is 21.5. The van der Waals surface area contributed by atoms with E-state index in [1.54, 1.807) is 7.11 Å². The summed E-state index contributed by atoms with van der Waals surface area (Å²) in [6, 6.07) is 6.01. The summed E-state index contributed by atoms with van der Waals surface area (Å²) in [6.45, 7) is 6.89. The van der Waals surface area contributed by atoms with Crippen molar-refractivity contribution in [1.82, 2.24) is 5.32 Å². The molecule has 0 spiro atoms. The van der Waals surface area contributed by atoms with Gasteiger partial charge < -0.3 is 14.8 Å². The molecule has 4 nitrogen and oxygen atoms in total. The Bertz CT molecular complexity index is 513. The van der Waals surface area contributed by atoms with Gasteiger partial charge in [-0.3, -0.25) is 4.79 Å². The molecule has 21 heavy (non-hydrogen) atoms. The zero-order valence-corrected chi connectivity index (χ0v) is 13.4. The molecular formula is C17H25NO3. The molecule has 4 heteroatoms. The molecule has 1 fully saturated rings. The standard InChI is InChI=1S/C17H25NO3/c1-5-21-15-10-13(6-7-14(15)20-4)11-17(12(2)3)9-8-16(19)18-17/h6-7,10,12H,5,8-9,11H2,1-4H3,(H,18,19). The zero-order valence-electron chi connectivity index (χ0n) is 13.4. The third-order valence-electron chi connectivity index (χ3n) is 4.34. The highest BCUT2D eigenvalue weighted by Gasteiger charge is 2.40. The summed E-state index contributed by atoms with van der Waals surface area (Å²) in [7, 11) is 1.64. The molecular weight excluding hydrogens is 266 g/mol. The van der Waals surface area contributed by atoms with E-state index in [0.717, 1.165) is 29.9 Å². The molecule has 2 rings (SSSR count).